The maximum atomic E-state index is 10.8. The second-order valence-corrected chi connectivity index (χ2v) is 2.89. The predicted molar refractivity (Wildman–Crippen MR) is 59.7 cm³/mol. The van der Waals surface area contributed by atoms with Crippen molar-refractivity contribution >= 4 is 0 Å². The summed E-state index contributed by atoms with van der Waals surface area (Å²) < 4.78 is 0. The molecule has 3 nitrogen and oxygen atoms in total. The van der Waals surface area contributed by atoms with Crippen LogP contribution in [0.2, 0.25) is 0 Å². The fourth-order valence-electron chi connectivity index (χ4n) is 1.13. The fourth-order valence-corrected chi connectivity index (χ4v) is 1.13. The van der Waals surface area contributed by atoms with Crippen molar-refractivity contribution in [2.24, 2.45) is 0 Å². The summed E-state index contributed by atoms with van der Waals surface area (Å²) in [6.45, 7) is 1.86. The highest BCUT2D eigenvalue weighted by Gasteiger charge is 2.21. The molecule has 0 amide bonds. The van der Waals surface area contributed by atoms with Crippen molar-refractivity contribution in [3.05, 3.63) is 76.4 Å². The third kappa shape index (κ3) is 3.38. The molecule has 0 heterocycles. The maximum absolute atomic E-state index is 10.8. The van der Waals surface area contributed by atoms with Crippen molar-refractivity contribution in [3.8, 4) is 0 Å². The molecule has 77 valence electrons. The first-order valence-electron chi connectivity index (χ1n) is 4.62. The Morgan fingerprint density at radius 2 is 1.93 bits per heavy atom. The van der Waals surface area contributed by atoms with Crippen molar-refractivity contribution in [1.29, 1.82) is 0 Å². The first-order chi connectivity index (χ1) is 7.25. The first-order valence-corrected chi connectivity index (χ1v) is 4.62. The Bertz CT molecular complexity index is 368. The van der Waals surface area contributed by atoms with E-state index in [2.05, 4.69) is 0 Å². The van der Waals surface area contributed by atoms with E-state index in [-0.39, 0.29) is 11.0 Å². The topological polar surface area (TPSA) is 43.1 Å². The highest BCUT2D eigenvalue weighted by molar-refractivity contribution is 5.33. The summed E-state index contributed by atoms with van der Waals surface area (Å²) in [5.74, 6) is 0. The van der Waals surface area contributed by atoms with Gasteiger partial charge in [-0.05, 0) is 6.92 Å². The lowest BCUT2D eigenvalue weighted by atomic mass is 10.1. The first kappa shape index (κ1) is 11.2. The molecule has 0 aliphatic rings. The van der Waals surface area contributed by atoms with Crippen LogP contribution in [0.5, 0.6) is 0 Å². The third-order valence-electron chi connectivity index (χ3n) is 1.82. The van der Waals surface area contributed by atoms with Gasteiger partial charge in [-0.2, -0.15) is 0 Å². The molecule has 0 unspecified atom stereocenters. The predicted octanol–water partition coefficient (Wildman–Crippen LogP) is 2.98. The van der Waals surface area contributed by atoms with Crippen LogP contribution < -0.4 is 0 Å². The van der Waals surface area contributed by atoms with Gasteiger partial charge in [0.1, 0.15) is 0 Å². The summed E-state index contributed by atoms with van der Waals surface area (Å²) in [5, 5.41) is 10.8. The van der Waals surface area contributed by atoms with Gasteiger partial charge in [0.2, 0.25) is 0 Å². The fraction of sp³-hybridized carbons (Fsp3) is 0.0833. The molecule has 0 aliphatic heterocycles. The lowest BCUT2D eigenvalue weighted by molar-refractivity contribution is -0.449. The summed E-state index contributed by atoms with van der Waals surface area (Å²) in [6.07, 6.45) is 6.73. The van der Waals surface area contributed by atoms with Gasteiger partial charge in [-0.1, -0.05) is 48.6 Å². The molecule has 15 heavy (non-hydrogen) atoms. The number of nitro groups is 1. The lowest BCUT2D eigenvalue weighted by Gasteiger charge is -2.01. The minimum atomic E-state index is -0.380. The van der Waals surface area contributed by atoms with Crippen LogP contribution >= 0.6 is 0 Å². The van der Waals surface area contributed by atoms with E-state index >= 15 is 0 Å². The van der Waals surface area contributed by atoms with Crippen molar-refractivity contribution < 1.29 is 4.92 Å². The highest BCUT2D eigenvalue weighted by atomic mass is 16.6. The van der Waals surface area contributed by atoms with Crippen molar-refractivity contribution in [2.75, 3.05) is 0 Å². The molecule has 3 heteroatoms. The van der Waals surface area contributed by atoms with Crippen molar-refractivity contribution in [3.63, 3.8) is 0 Å². The van der Waals surface area contributed by atoms with E-state index in [1.165, 1.54) is 6.08 Å². The monoisotopic (exact) mass is 202 g/mol. The SMILES string of the molecule is CC=CC=C[C](c1ccccc1)[N+](=O)[O-]. The van der Waals surface area contributed by atoms with Gasteiger partial charge in [0.05, 0.1) is 0 Å². The molecule has 0 spiro atoms. The smallest absolute Gasteiger partial charge is 0.263 e. The average Bonchev–Trinajstić information content (AvgIpc) is 2.25. The quantitative estimate of drug-likeness (QED) is 0.428. The highest BCUT2D eigenvalue weighted by Crippen LogP contribution is 2.16. The third-order valence-corrected chi connectivity index (χ3v) is 1.82. The summed E-state index contributed by atoms with van der Waals surface area (Å²) in [6, 6.07) is 8.94. The van der Waals surface area contributed by atoms with Crippen molar-refractivity contribution in [1.82, 2.24) is 0 Å². The average molecular weight is 202 g/mol. The molecule has 0 fully saturated rings. The second-order valence-electron chi connectivity index (χ2n) is 2.89. The largest absolute Gasteiger partial charge is 0.342 e. The molecule has 0 atom stereocenters. The van der Waals surface area contributed by atoms with E-state index in [1.54, 1.807) is 36.4 Å². The summed E-state index contributed by atoms with van der Waals surface area (Å²) >= 11 is 0. The van der Waals surface area contributed by atoms with Gasteiger partial charge in [0.25, 0.3) is 0 Å². The summed E-state index contributed by atoms with van der Waals surface area (Å²) in [5.41, 5.74) is 0.614. The van der Waals surface area contributed by atoms with Crippen LogP contribution in [0.25, 0.3) is 0 Å². The molecule has 0 saturated carbocycles. The van der Waals surface area contributed by atoms with Gasteiger partial charge in [0, 0.05) is 16.6 Å². The number of rotatable bonds is 4. The number of hydrogen-bond donors (Lipinski definition) is 0. The summed E-state index contributed by atoms with van der Waals surface area (Å²) in [7, 11) is 0. The van der Waals surface area contributed by atoms with Gasteiger partial charge >= 0.3 is 6.04 Å². The maximum Gasteiger partial charge on any atom is 0.342 e. The zero-order valence-electron chi connectivity index (χ0n) is 8.46. The molecule has 1 aromatic rings. The van der Waals surface area contributed by atoms with E-state index in [9.17, 15) is 10.1 Å². The molecular formula is C12H12NO2. The molecule has 0 N–H and O–H groups in total. The molecule has 1 rings (SSSR count). The molecule has 0 saturated heterocycles. The van der Waals surface area contributed by atoms with Gasteiger partial charge in [-0.3, -0.25) is 10.1 Å². The van der Waals surface area contributed by atoms with Crippen LogP contribution in [0, 0.1) is 16.2 Å². The Labute approximate surface area is 88.9 Å². The van der Waals surface area contributed by atoms with Crippen LogP contribution in [0.1, 0.15) is 12.5 Å². The normalized spacial score (nSPS) is 11.6. The van der Waals surface area contributed by atoms with Crippen LogP contribution in [-0.4, -0.2) is 4.92 Å². The summed E-state index contributed by atoms with van der Waals surface area (Å²) in [4.78, 5) is 10.4. The lowest BCUT2D eigenvalue weighted by Crippen LogP contribution is -2.08. The Kier molecular flexibility index (Phi) is 4.29. The van der Waals surface area contributed by atoms with E-state index in [4.69, 9.17) is 0 Å². The standard InChI is InChI=1S/C12H12NO2/c1-2-3-5-10-12(13(14)15)11-8-6-4-7-9-11/h2-10H,1H3. The zero-order chi connectivity index (χ0) is 11.1. The molecule has 0 bridgehead atoms. The van der Waals surface area contributed by atoms with E-state index in [0.29, 0.717) is 5.56 Å². The van der Waals surface area contributed by atoms with Gasteiger partial charge in [0.15, 0.2) is 0 Å². The van der Waals surface area contributed by atoms with E-state index in [0.717, 1.165) is 0 Å². The van der Waals surface area contributed by atoms with Crippen LogP contribution in [0.15, 0.2) is 54.6 Å². The van der Waals surface area contributed by atoms with E-state index < -0.39 is 0 Å². The minimum Gasteiger partial charge on any atom is -0.263 e. The number of hydrogen-bond acceptors (Lipinski definition) is 2. The molecule has 1 aromatic carbocycles. The van der Waals surface area contributed by atoms with Crippen LogP contribution in [-0.2, 0) is 0 Å². The Morgan fingerprint density at radius 1 is 1.27 bits per heavy atom. The molecular weight excluding hydrogens is 190 g/mol. The minimum absolute atomic E-state index is 0.105. The van der Waals surface area contributed by atoms with Crippen LogP contribution in [0.4, 0.5) is 0 Å². The zero-order valence-corrected chi connectivity index (χ0v) is 8.46. The number of nitrogens with zero attached hydrogens (tertiary/aromatic N) is 1. The van der Waals surface area contributed by atoms with Gasteiger partial charge < -0.3 is 0 Å². The van der Waals surface area contributed by atoms with E-state index in [1.807, 2.05) is 19.1 Å². The Balaban J connectivity index is 2.89. The second kappa shape index (κ2) is 5.75. The Morgan fingerprint density at radius 3 is 2.47 bits per heavy atom. The van der Waals surface area contributed by atoms with Gasteiger partial charge in [-0.15, -0.1) is 0 Å². The molecule has 0 aliphatic carbocycles. The number of allylic oxidation sites excluding steroid dienone is 3. The van der Waals surface area contributed by atoms with Gasteiger partial charge in [-0.25, -0.2) is 0 Å². The molecule has 1 radical (unpaired) electrons. The Hall–Kier alpha value is -1.90. The molecule has 0 aromatic heterocycles. The van der Waals surface area contributed by atoms with Crippen molar-refractivity contribution in [2.45, 2.75) is 6.92 Å². The number of benzene rings is 1. The van der Waals surface area contributed by atoms with Crippen LogP contribution in [0.3, 0.4) is 0 Å².